The third-order valence-electron chi connectivity index (χ3n) is 0.717. The first-order valence-electron chi connectivity index (χ1n) is 2.57. The van der Waals surface area contributed by atoms with Gasteiger partial charge in [-0.05, 0) is 0 Å². The summed E-state index contributed by atoms with van der Waals surface area (Å²) in [6.07, 6.45) is 0. The molecule has 10 heavy (non-hydrogen) atoms. The Bertz CT molecular complexity index is 138. The van der Waals surface area contributed by atoms with Crippen molar-refractivity contribution in [2.75, 3.05) is 13.2 Å². The number of carbonyl (C=O) groups excluding carboxylic acids is 2. The van der Waals surface area contributed by atoms with Gasteiger partial charge in [-0.3, -0.25) is 15.0 Å². The minimum atomic E-state index is -0.978. The lowest BCUT2D eigenvalue weighted by atomic mass is 10.5. The van der Waals surface area contributed by atoms with Crippen molar-refractivity contribution in [2.24, 2.45) is 5.84 Å². The molecule has 0 fully saturated rings. The number of hydrogen-bond acceptors (Lipinski definition) is 3. The fourth-order valence-electron chi connectivity index (χ4n) is 0.307. The fraction of sp³-hybridized carbons (Fsp3) is 0.500. The standard InChI is InChI=1S/C4H8FN3O2/c5-1-2-7-3(9)4(10)8-6/h1-2,6H2,(H,7,9)(H,8,10). The van der Waals surface area contributed by atoms with Gasteiger partial charge in [-0.2, -0.15) is 0 Å². The van der Waals surface area contributed by atoms with Gasteiger partial charge in [0, 0.05) is 6.54 Å². The second-order valence-electron chi connectivity index (χ2n) is 1.42. The molecule has 0 aliphatic carbocycles. The van der Waals surface area contributed by atoms with Gasteiger partial charge in [0.2, 0.25) is 0 Å². The number of amides is 2. The third-order valence-corrected chi connectivity index (χ3v) is 0.717. The quantitative estimate of drug-likeness (QED) is 0.185. The number of nitrogens with one attached hydrogen (secondary N) is 2. The zero-order chi connectivity index (χ0) is 7.98. The van der Waals surface area contributed by atoms with E-state index in [0.717, 1.165) is 0 Å². The molecule has 0 aromatic heterocycles. The van der Waals surface area contributed by atoms with E-state index in [1.807, 2.05) is 5.32 Å². The van der Waals surface area contributed by atoms with E-state index in [-0.39, 0.29) is 6.54 Å². The highest BCUT2D eigenvalue weighted by Gasteiger charge is 2.09. The largest absolute Gasteiger partial charge is 0.345 e. The lowest BCUT2D eigenvalue weighted by Gasteiger charge is -1.98. The predicted molar refractivity (Wildman–Crippen MR) is 31.3 cm³/mol. The monoisotopic (exact) mass is 149 g/mol. The molecule has 0 aliphatic heterocycles. The highest BCUT2D eigenvalue weighted by Crippen LogP contribution is 1.66. The fourth-order valence-corrected chi connectivity index (χ4v) is 0.307. The molecule has 4 N–H and O–H groups in total. The molecule has 0 radical (unpaired) electrons. The summed E-state index contributed by atoms with van der Waals surface area (Å²) in [7, 11) is 0. The van der Waals surface area contributed by atoms with Gasteiger partial charge in [0.25, 0.3) is 0 Å². The normalized spacial score (nSPS) is 8.60. The lowest BCUT2D eigenvalue weighted by molar-refractivity contribution is -0.139. The van der Waals surface area contributed by atoms with Crippen LogP contribution in [-0.4, -0.2) is 25.0 Å². The summed E-state index contributed by atoms with van der Waals surface area (Å²) in [6.45, 7) is -0.879. The van der Waals surface area contributed by atoms with Gasteiger partial charge >= 0.3 is 11.8 Å². The van der Waals surface area contributed by atoms with E-state index in [1.165, 1.54) is 0 Å². The van der Waals surface area contributed by atoms with Crippen molar-refractivity contribution in [3.8, 4) is 0 Å². The van der Waals surface area contributed by atoms with Gasteiger partial charge in [0.1, 0.15) is 6.67 Å². The maximum Gasteiger partial charge on any atom is 0.323 e. The molecule has 6 heteroatoms. The number of nitrogens with two attached hydrogens (primary N) is 1. The number of rotatable bonds is 2. The number of hydrazine groups is 1. The van der Waals surface area contributed by atoms with Crippen LogP contribution in [-0.2, 0) is 9.59 Å². The first-order valence-corrected chi connectivity index (χ1v) is 2.57. The van der Waals surface area contributed by atoms with E-state index in [2.05, 4.69) is 5.84 Å². The average Bonchev–Trinajstić information content (AvgIpc) is 1.98. The Hall–Kier alpha value is -1.17. The summed E-state index contributed by atoms with van der Waals surface area (Å²) < 4.78 is 11.3. The summed E-state index contributed by atoms with van der Waals surface area (Å²) in [5.41, 5.74) is 1.60. The van der Waals surface area contributed by atoms with Gasteiger partial charge in [0.05, 0.1) is 0 Å². The van der Waals surface area contributed by atoms with Crippen LogP contribution in [0.25, 0.3) is 0 Å². The van der Waals surface area contributed by atoms with Gasteiger partial charge in [-0.1, -0.05) is 0 Å². The van der Waals surface area contributed by atoms with E-state index in [0.29, 0.717) is 0 Å². The van der Waals surface area contributed by atoms with Crippen molar-refractivity contribution in [3.63, 3.8) is 0 Å². The zero-order valence-electron chi connectivity index (χ0n) is 5.19. The molecule has 58 valence electrons. The van der Waals surface area contributed by atoms with E-state index in [9.17, 15) is 14.0 Å². The highest BCUT2D eigenvalue weighted by atomic mass is 19.1. The minimum Gasteiger partial charge on any atom is -0.345 e. The maximum atomic E-state index is 11.3. The van der Waals surface area contributed by atoms with Crippen LogP contribution in [0, 0.1) is 0 Å². The molecular formula is C4H8FN3O2. The van der Waals surface area contributed by atoms with Crippen LogP contribution < -0.4 is 16.6 Å². The minimum absolute atomic E-state index is 0.174. The number of hydrogen-bond donors (Lipinski definition) is 3. The molecule has 0 atom stereocenters. The maximum absolute atomic E-state index is 11.3. The van der Waals surface area contributed by atoms with Crippen molar-refractivity contribution in [1.82, 2.24) is 10.7 Å². The van der Waals surface area contributed by atoms with Crippen molar-refractivity contribution >= 4 is 11.8 Å². The SMILES string of the molecule is NNC(=O)C(=O)NCCF. The van der Waals surface area contributed by atoms with E-state index in [1.54, 1.807) is 5.43 Å². The van der Waals surface area contributed by atoms with Crippen molar-refractivity contribution in [2.45, 2.75) is 0 Å². The summed E-state index contributed by atoms with van der Waals surface area (Å²) in [5.74, 6) is 2.68. The number of carbonyl (C=O) groups is 2. The molecule has 0 aromatic rings. The second kappa shape index (κ2) is 4.68. The summed E-state index contributed by atoms with van der Waals surface area (Å²) in [6, 6.07) is 0. The first kappa shape index (κ1) is 8.83. The van der Waals surface area contributed by atoms with Crippen molar-refractivity contribution in [3.05, 3.63) is 0 Å². The van der Waals surface area contributed by atoms with Crippen molar-refractivity contribution in [1.29, 1.82) is 0 Å². The summed E-state index contributed by atoms with van der Waals surface area (Å²) in [4.78, 5) is 20.6. The smallest absolute Gasteiger partial charge is 0.323 e. The average molecular weight is 149 g/mol. The third kappa shape index (κ3) is 2.98. The summed E-state index contributed by atoms with van der Waals surface area (Å²) in [5, 5.41) is 1.98. The van der Waals surface area contributed by atoms with Crippen LogP contribution in [0.15, 0.2) is 0 Å². The predicted octanol–water partition coefficient (Wildman–Crippen LogP) is -1.94. The van der Waals surface area contributed by atoms with E-state index < -0.39 is 18.5 Å². The van der Waals surface area contributed by atoms with Crippen LogP contribution in [0.3, 0.4) is 0 Å². The topological polar surface area (TPSA) is 84.2 Å². The van der Waals surface area contributed by atoms with Gasteiger partial charge in [-0.25, -0.2) is 10.2 Å². The summed E-state index contributed by atoms with van der Waals surface area (Å²) >= 11 is 0. The lowest BCUT2D eigenvalue weighted by Crippen LogP contribution is -2.43. The molecule has 0 saturated heterocycles. The van der Waals surface area contributed by atoms with Crippen LogP contribution in [0.2, 0.25) is 0 Å². The van der Waals surface area contributed by atoms with Gasteiger partial charge in [-0.15, -0.1) is 0 Å². The Morgan fingerprint density at radius 2 is 2.00 bits per heavy atom. The van der Waals surface area contributed by atoms with Crippen LogP contribution in [0.5, 0.6) is 0 Å². The molecule has 0 rings (SSSR count). The Kier molecular flexibility index (Phi) is 4.14. The second-order valence-corrected chi connectivity index (χ2v) is 1.42. The Morgan fingerprint density at radius 3 is 2.40 bits per heavy atom. The Morgan fingerprint density at radius 1 is 1.40 bits per heavy atom. The first-order chi connectivity index (χ1) is 4.72. The van der Waals surface area contributed by atoms with Crippen LogP contribution in [0.1, 0.15) is 0 Å². The Labute approximate surface area is 56.7 Å². The van der Waals surface area contributed by atoms with Crippen molar-refractivity contribution < 1.29 is 14.0 Å². The molecule has 0 bridgehead atoms. The molecule has 0 unspecified atom stereocenters. The highest BCUT2D eigenvalue weighted by molar-refractivity contribution is 6.34. The molecule has 2 amide bonds. The zero-order valence-corrected chi connectivity index (χ0v) is 5.19. The molecule has 0 aromatic carbocycles. The molecule has 0 saturated carbocycles. The molecular weight excluding hydrogens is 141 g/mol. The number of alkyl halides is 1. The molecule has 5 nitrogen and oxygen atoms in total. The molecule has 0 heterocycles. The molecule has 0 aliphatic rings. The van der Waals surface area contributed by atoms with Gasteiger partial charge in [0.15, 0.2) is 0 Å². The van der Waals surface area contributed by atoms with Crippen LogP contribution in [0.4, 0.5) is 4.39 Å². The number of halogens is 1. The van der Waals surface area contributed by atoms with Gasteiger partial charge < -0.3 is 5.32 Å². The van der Waals surface area contributed by atoms with E-state index in [4.69, 9.17) is 0 Å². The van der Waals surface area contributed by atoms with E-state index >= 15 is 0 Å². The van der Waals surface area contributed by atoms with Crippen LogP contribution >= 0.6 is 0 Å². The molecule has 0 spiro atoms. The Balaban J connectivity index is 3.52.